The number of allylic oxidation sites excluding steroid dienone is 1. The number of hydrogen-bond acceptors (Lipinski definition) is 5. The number of carbonyl (C=O) groups excluding carboxylic acids is 2. The molecule has 1 heterocycles. The van der Waals surface area contributed by atoms with Gasteiger partial charge in [0.2, 0.25) is 11.8 Å². The molecule has 2 N–H and O–H groups in total. The predicted molar refractivity (Wildman–Crippen MR) is 101 cm³/mol. The third-order valence-electron chi connectivity index (χ3n) is 4.33. The van der Waals surface area contributed by atoms with Crippen molar-refractivity contribution in [1.29, 1.82) is 10.5 Å². The minimum Gasteiger partial charge on any atom is -0.325 e. The second kappa shape index (κ2) is 8.07. The van der Waals surface area contributed by atoms with Crippen molar-refractivity contribution in [2.24, 2.45) is 11.3 Å². The maximum absolute atomic E-state index is 12.2. The van der Waals surface area contributed by atoms with Gasteiger partial charge in [0, 0.05) is 11.1 Å². The fourth-order valence-electron chi connectivity index (χ4n) is 2.69. The van der Waals surface area contributed by atoms with Crippen LogP contribution in [0.25, 0.3) is 0 Å². The molecule has 0 saturated heterocycles. The first-order valence-electron chi connectivity index (χ1n) is 8.20. The quantitative estimate of drug-likeness (QED) is 0.831. The number of hydrogen-bond donors (Lipinski definition) is 2. The number of nitrogens with one attached hydrogen (secondary N) is 2. The first-order chi connectivity index (χ1) is 12.3. The SMILES string of the molecule is CCc1ccc(NC(=O)CSC2=C(C#N)C(C)(C)[C@H](C#N)C(=O)N2)cc1. The smallest absolute Gasteiger partial charge is 0.243 e. The van der Waals surface area contributed by atoms with E-state index in [1.165, 1.54) is 5.56 Å². The molecular formula is C19H20N4O2S. The van der Waals surface area contributed by atoms with Gasteiger partial charge in [-0.25, -0.2) is 0 Å². The molecule has 0 aromatic heterocycles. The summed E-state index contributed by atoms with van der Waals surface area (Å²) in [4.78, 5) is 24.3. The Labute approximate surface area is 157 Å². The Morgan fingerprint density at radius 2 is 1.96 bits per heavy atom. The molecule has 1 aliphatic rings. The van der Waals surface area contributed by atoms with Gasteiger partial charge in [0.15, 0.2) is 0 Å². The first kappa shape index (κ1) is 19.6. The number of benzene rings is 1. The third-order valence-corrected chi connectivity index (χ3v) is 5.33. The topological polar surface area (TPSA) is 106 Å². The highest BCUT2D eigenvalue weighted by atomic mass is 32.2. The van der Waals surface area contributed by atoms with Crippen LogP contribution in [-0.2, 0) is 16.0 Å². The lowest BCUT2D eigenvalue weighted by molar-refractivity contribution is -0.125. The van der Waals surface area contributed by atoms with Crippen LogP contribution in [0.5, 0.6) is 0 Å². The Morgan fingerprint density at radius 1 is 1.31 bits per heavy atom. The number of thioether (sulfide) groups is 1. The largest absolute Gasteiger partial charge is 0.325 e. The number of anilines is 1. The summed E-state index contributed by atoms with van der Waals surface area (Å²) < 4.78 is 0. The van der Waals surface area contributed by atoms with Gasteiger partial charge in [0.05, 0.1) is 28.5 Å². The molecule has 0 fully saturated rings. The molecule has 1 aromatic rings. The lowest BCUT2D eigenvalue weighted by atomic mass is 9.72. The number of rotatable bonds is 5. The van der Waals surface area contributed by atoms with Gasteiger partial charge < -0.3 is 10.6 Å². The van der Waals surface area contributed by atoms with E-state index in [4.69, 9.17) is 0 Å². The maximum Gasteiger partial charge on any atom is 0.243 e. The summed E-state index contributed by atoms with van der Waals surface area (Å²) in [6.45, 7) is 5.43. The minimum absolute atomic E-state index is 0.0453. The van der Waals surface area contributed by atoms with Gasteiger partial charge in [0.25, 0.3) is 0 Å². The highest BCUT2D eigenvalue weighted by Crippen LogP contribution is 2.41. The summed E-state index contributed by atoms with van der Waals surface area (Å²) >= 11 is 1.09. The van der Waals surface area contributed by atoms with Crippen LogP contribution in [0.4, 0.5) is 5.69 Å². The number of nitrogens with zero attached hydrogens (tertiary/aromatic N) is 2. The van der Waals surface area contributed by atoms with E-state index in [9.17, 15) is 20.1 Å². The van der Waals surface area contributed by atoms with Crippen molar-refractivity contribution in [3.63, 3.8) is 0 Å². The average molecular weight is 368 g/mol. The number of aryl methyl sites for hydroxylation is 1. The molecule has 1 aliphatic heterocycles. The summed E-state index contributed by atoms with van der Waals surface area (Å²) in [6.07, 6.45) is 0.925. The molecule has 1 aromatic carbocycles. The molecule has 6 nitrogen and oxygen atoms in total. The molecule has 1 atom stereocenters. The molecule has 0 unspecified atom stereocenters. The summed E-state index contributed by atoms with van der Waals surface area (Å²) in [5.41, 5.74) is 1.29. The maximum atomic E-state index is 12.2. The minimum atomic E-state index is -0.938. The van der Waals surface area contributed by atoms with Crippen molar-refractivity contribution in [2.75, 3.05) is 11.1 Å². The summed E-state index contributed by atoms with van der Waals surface area (Å²) in [5, 5.41) is 24.4. The lowest BCUT2D eigenvalue weighted by Crippen LogP contribution is -2.44. The van der Waals surface area contributed by atoms with E-state index in [0.717, 1.165) is 18.2 Å². The zero-order valence-electron chi connectivity index (χ0n) is 14.9. The van der Waals surface area contributed by atoms with Gasteiger partial charge in [-0.05, 0) is 24.1 Å². The van der Waals surface area contributed by atoms with Gasteiger partial charge in [-0.15, -0.1) is 0 Å². The number of amides is 2. The molecule has 2 amide bonds. The van der Waals surface area contributed by atoms with Gasteiger partial charge in [-0.3, -0.25) is 9.59 Å². The highest BCUT2D eigenvalue weighted by Gasteiger charge is 2.44. The Hall–Kier alpha value is -2.77. The molecular weight excluding hydrogens is 348 g/mol. The highest BCUT2D eigenvalue weighted by molar-refractivity contribution is 8.03. The molecule has 7 heteroatoms. The van der Waals surface area contributed by atoms with E-state index in [2.05, 4.69) is 23.6 Å². The zero-order chi connectivity index (χ0) is 19.3. The van der Waals surface area contributed by atoms with Gasteiger partial charge in [-0.1, -0.05) is 44.7 Å². The van der Waals surface area contributed by atoms with Crippen LogP contribution in [0.1, 0.15) is 26.3 Å². The van der Waals surface area contributed by atoms with Crippen LogP contribution < -0.4 is 10.6 Å². The predicted octanol–water partition coefficient (Wildman–Crippen LogP) is 2.95. The summed E-state index contributed by atoms with van der Waals surface area (Å²) in [5.74, 6) is -1.58. The Balaban J connectivity index is 2.08. The molecule has 0 radical (unpaired) electrons. The number of nitriles is 2. The van der Waals surface area contributed by atoms with E-state index in [0.29, 0.717) is 16.3 Å². The van der Waals surface area contributed by atoms with Crippen molar-refractivity contribution in [3.8, 4) is 12.1 Å². The van der Waals surface area contributed by atoms with Gasteiger partial charge >= 0.3 is 0 Å². The summed E-state index contributed by atoms with van der Waals surface area (Å²) in [6, 6.07) is 11.6. The van der Waals surface area contributed by atoms with Gasteiger partial charge in [0.1, 0.15) is 5.92 Å². The molecule has 26 heavy (non-hydrogen) atoms. The van der Waals surface area contributed by atoms with E-state index in [1.807, 2.05) is 30.3 Å². The van der Waals surface area contributed by atoms with Crippen molar-refractivity contribution in [2.45, 2.75) is 27.2 Å². The fraction of sp³-hybridized carbons (Fsp3) is 0.368. The van der Waals surface area contributed by atoms with Crippen LogP contribution in [0, 0.1) is 34.0 Å². The molecule has 0 spiro atoms. The number of carbonyl (C=O) groups is 2. The van der Waals surface area contributed by atoms with E-state index >= 15 is 0 Å². The normalized spacial score (nSPS) is 18.5. The van der Waals surface area contributed by atoms with Crippen molar-refractivity contribution in [3.05, 3.63) is 40.4 Å². The molecule has 0 aliphatic carbocycles. The second-order valence-electron chi connectivity index (χ2n) is 6.48. The first-order valence-corrected chi connectivity index (χ1v) is 9.19. The fourth-order valence-corrected chi connectivity index (χ4v) is 3.67. The third kappa shape index (κ3) is 4.07. The summed E-state index contributed by atoms with van der Waals surface area (Å²) in [7, 11) is 0. The van der Waals surface area contributed by atoms with Crippen molar-refractivity contribution >= 4 is 29.3 Å². The van der Waals surface area contributed by atoms with Crippen LogP contribution in [-0.4, -0.2) is 17.6 Å². The second-order valence-corrected chi connectivity index (χ2v) is 7.46. The Morgan fingerprint density at radius 3 is 2.50 bits per heavy atom. The molecule has 134 valence electrons. The zero-order valence-corrected chi connectivity index (χ0v) is 15.7. The van der Waals surface area contributed by atoms with Crippen LogP contribution in [0.2, 0.25) is 0 Å². The van der Waals surface area contributed by atoms with E-state index in [-0.39, 0.29) is 11.7 Å². The van der Waals surface area contributed by atoms with Gasteiger partial charge in [-0.2, -0.15) is 10.5 Å². The standard InChI is InChI=1S/C19H20N4O2S/c1-4-12-5-7-13(8-6-12)22-16(24)11-26-18-15(10-21)19(2,3)14(9-20)17(25)23-18/h5-8,14H,4,11H2,1-3H3,(H,22,24)(H,23,25)/t14-/m1/s1. The monoisotopic (exact) mass is 368 g/mol. The molecule has 0 saturated carbocycles. The Bertz CT molecular complexity index is 829. The van der Waals surface area contributed by atoms with Crippen LogP contribution >= 0.6 is 11.8 Å². The Kier molecular flexibility index (Phi) is 6.07. The average Bonchev–Trinajstić information content (AvgIpc) is 2.60. The van der Waals surface area contributed by atoms with Crippen LogP contribution in [0.3, 0.4) is 0 Å². The van der Waals surface area contributed by atoms with E-state index < -0.39 is 17.2 Å². The van der Waals surface area contributed by atoms with E-state index in [1.54, 1.807) is 13.8 Å². The van der Waals surface area contributed by atoms with Crippen LogP contribution in [0.15, 0.2) is 34.9 Å². The molecule has 2 rings (SSSR count). The molecule has 0 bridgehead atoms. The van der Waals surface area contributed by atoms with Crippen molar-refractivity contribution < 1.29 is 9.59 Å². The van der Waals surface area contributed by atoms with Crippen molar-refractivity contribution in [1.82, 2.24) is 5.32 Å². The lowest BCUT2D eigenvalue weighted by Gasteiger charge is -2.34.